The molecule has 2 aromatic carbocycles. The molecule has 10 heteroatoms. The number of amides is 1. The van der Waals surface area contributed by atoms with E-state index in [9.17, 15) is 9.90 Å². The number of fused-ring (bicyclic) bond motifs is 3. The molecule has 0 saturated carbocycles. The summed E-state index contributed by atoms with van der Waals surface area (Å²) in [4.78, 5) is 31.0. The van der Waals surface area contributed by atoms with Crippen molar-refractivity contribution in [3.05, 3.63) is 64.3 Å². The number of hydrogen-bond acceptors (Lipinski definition) is 8. The topological polar surface area (TPSA) is 88.1 Å². The Kier molecular flexibility index (Phi) is 6.37. The van der Waals surface area contributed by atoms with Crippen LogP contribution in [0.25, 0.3) is 0 Å². The summed E-state index contributed by atoms with van der Waals surface area (Å²) in [7, 11) is 4.11. The molecule has 0 radical (unpaired) electrons. The fourth-order valence-electron chi connectivity index (χ4n) is 6.04. The Balaban J connectivity index is 1.23. The molecule has 4 heterocycles. The van der Waals surface area contributed by atoms with Crippen LogP contribution in [0.15, 0.2) is 42.6 Å². The van der Waals surface area contributed by atoms with Crippen molar-refractivity contribution in [2.75, 3.05) is 53.9 Å². The number of aliphatic hydroxyl groups excluding tert-OH is 1. The van der Waals surface area contributed by atoms with E-state index in [2.05, 4.69) is 38.2 Å². The van der Waals surface area contributed by atoms with Crippen LogP contribution in [0.4, 0.5) is 28.8 Å². The van der Waals surface area contributed by atoms with Crippen LogP contribution < -0.4 is 20.0 Å². The minimum atomic E-state index is -0.186. The van der Waals surface area contributed by atoms with Crippen molar-refractivity contribution in [1.29, 1.82) is 0 Å². The van der Waals surface area contributed by atoms with Gasteiger partial charge in [-0.2, -0.15) is 4.98 Å². The van der Waals surface area contributed by atoms with E-state index in [4.69, 9.17) is 11.6 Å². The Morgan fingerprint density at radius 3 is 2.61 bits per heavy atom. The first-order valence-corrected chi connectivity index (χ1v) is 13.3. The number of carbonyl (C=O) groups is 1. The van der Waals surface area contributed by atoms with Crippen LogP contribution in [0.2, 0.25) is 5.02 Å². The maximum atomic E-state index is 13.4. The number of carbonyl (C=O) groups excluding carboxylic acids is 1. The number of piperazine rings is 1. The highest BCUT2D eigenvalue weighted by Gasteiger charge is 2.38. The number of nitrogens with one attached hydrogen (secondary N) is 1. The van der Waals surface area contributed by atoms with Gasteiger partial charge in [-0.1, -0.05) is 23.7 Å². The lowest BCUT2D eigenvalue weighted by Gasteiger charge is -2.40. The zero-order valence-electron chi connectivity index (χ0n) is 21.9. The highest BCUT2D eigenvalue weighted by atomic mass is 35.5. The third-order valence-corrected chi connectivity index (χ3v) is 8.42. The van der Waals surface area contributed by atoms with Gasteiger partial charge in [-0.05, 0) is 56.6 Å². The molecule has 2 bridgehead atoms. The summed E-state index contributed by atoms with van der Waals surface area (Å²) in [5.74, 6) is 0.759. The molecule has 3 aliphatic heterocycles. The van der Waals surface area contributed by atoms with Gasteiger partial charge < -0.3 is 20.2 Å². The number of benzene rings is 2. The maximum Gasteiger partial charge on any atom is 0.265 e. The molecular formula is C28H32ClN7O2. The largest absolute Gasteiger partial charge is 0.392 e. The zero-order valence-corrected chi connectivity index (χ0v) is 22.6. The zero-order chi connectivity index (χ0) is 26.6. The molecular weight excluding hydrogens is 502 g/mol. The van der Waals surface area contributed by atoms with Gasteiger partial charge in [0.1, 0.15) is 11.4 Å². The van der Waals surface area contributed by atoms with E-state index in [1.54, 1.807) is 17.2 Å². The number of likely N-dealkylation sites (N-methyl/N-ethyl adjacent to an activating group) is 1. The van der Waals surface area contributed by atoms with Crippen molar-refractivity contribution in [2.45, 2.75) is 38.5 Å². The van der Waals surface area contributed by atoms with Gasteiger partial charge in [0.15, 0.2) is 0 Å². The smallest absolute Gasteiger partial charge is 0.265 e. The van der Waals surface area contributed by atoms with Crippen molar-refractivity contribution in [2.24, 2.45) is 0 Å². The van der Waals surface area contributed by atoms with Crippen molar-refractivity contribution in [3.8, 4) is 0 Å². The first-order chi connectivity index (χ1) is 18.3. The van der Waals surface area contributed by atoms with E-state index >= 15 is 0 Å². The Labute approximate surface area is 227 Å². The second kappa shape index (κ2) is 9.72. The van der Waals surface area contributed by atoms with Crippen LogP contribution >= 0.6 is 11.6 Å². The maximum absolute atomic E-state index is 13.4. The highest BCUT2D eigenvalue weighted by Crippen LogP contribution is 2.36. The van der Waals surface area contributed by atoms with Crippen molar-refractivity contribution in [3.63, 3.8) is 0 Å². The third kappa shape index (κ3) is 4.24. The summed E-state index contributed by atoms with van der Waals surface area (Å²) in [6.07, 6.45) is 4.02. The van der Waals surface area contributed by atoms with E-state index < -0.39 is 0 Å². The Morgan fingerprint density at radius 1 is 1.13 bits per heavy atom. The molecule has 2 fully saturated rings. The molecule has 0 aliphatic carbocycles. The first-order valence-electron chi connectivity index (χ1n) is 13.0. The number of hydrogen-bond donors (Lipinski definition) is 2. The predicted octanol–water partition coefficient (Wildman–Crippen LogP) is 4.01. The number of nitrogens with zero attached hydrogens (tertiary/aromatic N) is 6. The quantitative estimate of drug-likeness (QED) is 0.508. The molecule has 0 spiro atoms. The van der Waals surface area contributed by atoms with Gasteiger partial charge >= 0.3 is 0 Å². The fraction of sp³-hybridized carbons (Fsp3) is 0.393. The van der Waals surface area contributed by atoms with Gasteiger partial charge in [-0.15, -0.1) is 0 Å². The molecule has 198 valence electrons. The number of aryl methyl sites for hydroxylation is 1. The average molecular weight is 534 g/mol. The second-order valence-electron chi connectivity index (χ2n) is 10.5. The molecule has 6 rings (SSSR count). The fourth-order valence-corrected chi connectivity index (χ4v) is 6.36. The normalized spacial score (nSPS) is 21.2. The second-order valence-corrected chi connectivity index (χ2v) is 10.9. The molecule has 1 aromatic heterocycles. The van der Waals surface area contributed by atoms with Gasteiger partial charge in [0.2, 0.25) is 5.95 Å². The highest BCUT2D eigenvalue weighted by molar-refractivity contribution is 6.34. The van der Waals surface area contributed by atoms with E-state index in [0.717, 1.165) is 35.6 Å². The first kappa shape index (κ1) is 24.9. The van der Waals surface area contributed by atoms with Crippen LogP contribution in [0.1, 0.15) is 34.3 Å². The number of aromatic nitrogens is 2. The SMILES string of the molecule is Cc1cccc(Cl)c1N1CN(C)c2nc(Nc3ccc(N4CC5CCC(C4)N5C)c(CO)c3)ncc2C1=O. The number of aliphatic hydroxyl groups is 1. The van der Waals surface area contributed by atoms with Gasteiger partial charge in [0, 0.05) is 55.4 Å². The molecule has 2 atom stereocenters. The lowest BCUT2D eigenvalue weighted by atomic mass is 10.1. The summed E-state index contributed by atoms with van der Waals surface area (Å²) in [6, 6.07) is 12.8. The molecule has 2 N–H and O–H groups in total. The summed E-state index contributed by atoms with van der Waals surface area (Å²) >= 11 is 6.45. The number of anilines is 5. The molecule has 38 heavy (non-hydrogen) atoms. The van der Waals surface area contributed by atoms with E-state index in [1.807, 2.05) is 43.1 Å². The molecule has 3 aromatic rings. The van der Waals surface area contributed by atoms with E-state index in [-0.39, 0.29) is 12.5 Å². The predicted molar refractivity (Wildman–Crippen MR) is 151 cm³/mol. The molecule has 9 nitrogen and oxygen atoms in total. The van der Waals surface area contributed by atoms with Crippen LogP contribution in [0.5, 0.6) is 0 Å². The van der Waals surface area contributed by atoms with Crippen molar-refractivity contribution in [1.82, 2.24) is 14.9 Å². The summed E-state index contributed by atoms with van der Waals surface area (Å²) in [5, 5.41) is 14.0. The van der Waals surface area contributed by atoms with Gasteiger partial charge in [0.05, 0.1) is 24.0 Å². The Bertz CT molecular complexity index is 1370. The van der Waals surface area contributed by atoms with Crippen LogP contribution in [-0.4, -0.2) is 71.8 Å². The van der Waals surface area contributed by atoms with Gasteiger partial charge in [-0.3, -0.25) is 14.6 Å². The lowest BCUT2D eigenvalue weighted by molar-refractivity contribution is 0.0981. The van der Waals surface area contributed by atoms with Crippen molar-refractivity contribution < 1.29 is 9.90 Å². The Hall–Kier alpha value is -3.40. The Morgan fingerprint density at radius 2 is 1.89 bits per heavy atom. The van der Waals surface area contributed by atoms with Crippen molar-refractivity contribution >= 4 is 46.3 Å². The summed E-state index contributed by atoms with van der Waals surface area (Å²) in [5.41, 5.74) is 4.77. The lowest BCUT2D eigenvalue weighted by Crippen LogP contribution is -2.52. The van der Waals surface area contributed by atoms with Gasteiger partial charge in [0.25, 0.3) is 5.91 Å². The molecule has 1 amide bonds. The van der Waals surface area contributed by atoms with Crippen LogP contribution in [0.3, 0.4) is 0 Å². The minimum absolute atomic E-state index is 0.0495. The van der Waals surface area contributed by atoms with E-state index in [0.29, 0.717) is 46.8 Å². The average Bonchev–Trinajstić information content (AvgIpc) is 3.10. The van der Waals surface area contributed by atoms with Crippen LogP contribution in [-0.2, 0) is 6.61 Å². The number of halogens is 1. The summed E-state index contributed by atoms with van der Waals surface area (Å²) < 4.78 is 0. The molecule has 2 unspecified atom stereocenters. The number of para-hydroxylation sites is 1. The monoisotopic (exact) mass is 533 g/mol. The molecule has 3 aliphatic rings. The standard InChI is InChI=1S/C28H32ClN7O2/c1-17-5-4-6-23(29)25(17)36-16-33(2)26-22(27(36)38)12-30-28(32-26)31-19-7-10-24(18(11-19)15-37)35-13-20-8-9-21(14-35)34(20)3/h4-7,10-12,20-21,37H,8-9,13-16H2,1-3H3,(H,30,31,32). The van der Waals surface area contributed by atoms with Crippen LogP contribution in [0, 0.1) is 6.92 Å². The van der Waals surface area contributed by atoms with Gasteiger partial charge in [-0.25, -0.2) is 4.98 Å². The number of rotatable bonds is 5. The molecule has 2 saturated heterocycles. The minimum Gasteiger partial charge on any atom is -0.392 e. The third-order valence-electron chi connectivity index (χ3n) is 8.11. The van der Waals surface area contributed by atoms with E-state index in [1.165, 1.54) is 12.8 Å². The summed E-state index contributed by atoms with van der Waals surface area (Å²) in [6.45, 7) is 4.17.